The number of halogens is 5. The molecule has 0 bridgehead atoms. The summed E-state index contributed by atoms with van der Waals surface area (Å²) in [6, 6.07) is 2.47. The third kappa shape index (κ3) is 3.59. The van der Waals surface area contributed by atoms with Crippen LogP contribution in [0, 0.1) is 0 Å². The van der Waals surface area contributed by atoms with Crippen molar-refractivity contribution in [3.63, 3.8) is 0 Å². The van der Waals surface area contributed by atoms with Gasteiger partial charge in [-0.1, -0.05) is 23.2 Å². The fourth-order valence-electron chi connectivity index (χ4n) is 1.23. The third-order valence-corrected chi connectivity index (χ3v) is 3.19. The van der Waals surface area contributed by atoms with Crippen molar-refractivity contribution in [2.75, 3.05) is 5.32 Å². The lowest BCUT2D eigenvalue weighted by Crippen LogP contribution is -2.13. The summed E-state index contributed by atoms with van der Waals surface area (Å²) in [4.78, 5) is 18.7. The van der Waals surface area contributed by atoms with Crippen molar-refractivity contribution in [3.8, 4) is 0 Å². The van der Waals surface area contributed by atoms with E-state index >= 15 is 0 Å². The van der Waals surface area contributed by atoms with Gasteiger partial charge in [0.15, 0.2) is 10.8 Å². The maximum atomic E-state index is 12.4. The molecule has 4 nitrogen and oxygen atoms in total. The molecule has 0 saturated carbocycles. The van der Waals surface area contributed by atoms with Gasteiger partial charge in [0.1, 0.15) is 10.3 Å². The third-order valence-electron chi connectivity index (χ3n) is 2.04. The minimum atomic E-state index is -4.55. The summed E-state index contributed by atoms with van der Waals surface area (Å²) < 4.78 is 37.1. The molecule has 10 heteroatoms. The maximum Gasteiger partial charge on any atom is 0.434 e. The van der Waals surface area contributed by atoms with Gasteiger partial charge in [-0.05, 0) is 12.1 Å². The fourth-order valence-corrected chi connectivity index (χ4v) is 2.40. The van der Waals surface area contributed by atoms with Crippen LogP contribution in [-0.2, 0) is 6.18 Å². The lowest BCUT2D eigenvalue weighted by Gasteiger charge is -2.03. The highest BCUT2D eigenvalue weighted by molar-refractivity contribution is 7.14. The molecule has 2 aromatic rings. The van der Waals surface area contributed by atoms with Gasteiger partial charge in [0.25, 0.3) is 5.91 Å². The van der Waals surface area contributed by atoms with E-state index in [0.717, 1.165) is 5.38 Å². The van der Waals surface area contributed by atoms with Gasteiger partial charge in [-0.15, -0.1) is 11.3 Å². The Morgan fingerprint density at radius 2 is 1.80 bits per heavy atom. The number of aromatic nitrogens is 2. The summed E-state index contributed by atoms with van der Waals surface area (Å²) in [6.07, 6.45) is -4.55. The SMILES string of the molecule is O=C(Nc1nc(C(F)(F)F)cs1)c1cc(Cl)nc(Cl)c1. The zero-order chi connectivity index (χ0) is 14.9. The van der Waals surface area contributed by atoms with Gasteiger partial charge in [0, 0.05) is 10.9 Å². The lowest BCUT2D eigenvalue weighted by atomic mass is 10.2. The van der Waals surface area contributed by atoms with E-state index < -0.39 is 17.8 Å². The fraction of sp³-hybridized carbons (Fsp3) is 0.100. The summed E-state index contributed by atoms with van der Waals surface area (Å²) in [5.41, 5.74) is -0.998. The van der Waals surface area contributed by atoms with E-state index in [2.05, 4.69) is 15.3 Å². The van der Waals surface area contributed by atoms with Crippen LogP contribution in [0.3, 0.4) is 0 Å². The van der Waals surface area contributed by atoms with Crippen LogP contribution in [0.25, 0.3) is 0 Å². The van der Waals surface area contributed by atoms with E-state index in [1.807, 2.05) is 0 Å². The molecule has 0 radical (unpaired) electrons. The number of carbonyl (C=O) groups is 1. The van der Waals surface area contributed by atoms with Gasteiger partial charge in [0.2, 0.25) is 0 Å². The van der Waals surface area contributed by atoms with Gasteiger partial charge in [-0.25, -0.2) is 9.97 Å². The Morgan fingerprint density at radius 3 is 2.30 bits per heavy atom. The van der Waals surface area contributed by atoms with Crippen LogP contribution in [0.4, 0.5) is 18.3 Å². The van der Waals surface area contributed by atoms with Crippen LogP contribution < -0.4 is 5.32 Å². The number of pyridine rings is 1. The Balaban J connectivity index is 2.17. The molecule has 0 aliphatic rings. The van der Waals surface area contributed by atoms with Crippen LogP contribution in [-0.4, -0.2) is 15.9 Å². The average molecular weight is 342 g/mol. The van der Waals surface area contributed by atoms with Gasteiger partial charge >= 0.3 is 6.18 Å². The molecule has 0 aliphatic heterocycles. The van der Waals surface area contributed by atoms with E-state index in [9.17, 15) is 18.0 Å². The molecular weight excluding hydrogens is 338 g/mol. The first-order chi connectivity index (χ1) is 9.25. The molecule has 0 atom stereocenters. The number of hydrogen-bond donors (Lipinski definition) is 1. The number of thiazole rings is 1. The highest BCUT2D eigenvalue weighted by Crippen LogP contribution is 2.31. The second-order valence-electron chi connectivity index (χ2n) is 3.49. The first kappa shape index (κ1) is 15.0. The minimum absolute atomic E-state index is 0.00207. The summed E-state index contributed by atoms with van der Waals surface area (Å²) in [5.74, 6) is -0.681. The molecule has 1 N–H and O–H groups in total. The van der Waals surface area contributed by atoms with Gasteiger partial charge < -0.3 is 0 Å². The second kappa shape index (κ2) is 5.55. The maximum absolute atomic E-state index is 12.4. The van der Waals surface area contributed by atoms with Crippen molar-refractivity contribution >= 4 is 45.6 Å². The quantitative estimate of drug-likeness (QED) is 0.836. The molecule has 0 unspecified atom stereocenters. The van der Waals surface area contributed by atoms with Crippen LogP contribution in [0.5, 0.6) is 0 Å². The topological polar surface area (TPSA) is 54.9 Å². The standard InChI is InChI=1S/C10H4Cl2F3N3OS/c11-6-1-4(2-7(12)17-6)8(19)18-9-16-5(3-20-9)10(13,14)15/h1-3H,(H,16,18,19). The molecule has 2 rings (SSSR count). The van der Waals surface area contributed by atoms with Gasteiger partial charge in [0.05, 0.1) is 0 Å². The van der Waals surface area contributed by atoms with Crippen molar-refractivity contribution in [2.24, 2.45) is 0 Å². The average Bonchev–Trinajstić information content (AvgIpc) is 2.75. The number of nitrogens with zero attached hydrogens (tertiary/aromatic N) is 2. The first-order valence-electron chi connectivity index (χ1n) is 4.93. The van der Waals surface area contributed by atoms with Crippen LogP contribution >= 0.6 is 34.5 Å². The van der Waals surface area contributed by atoms with Gasteiger partial charge in [-0.3, -0.25) is 10.1 Å². The molecule has 2 aromatic heterocycles. The second-order valence-corrected chi connectivity index (χ2v) is 5.12. The monoisotopic (exact) mass is 341 g/mol. The Morgan fingerprint density at radius 1 is 1.20 bits per heavy atom. The molecular formula is C10H4Cl2F3N3OS. The molecule has 20 heavy (non-hydrogen) atoms. The van der Waals surface area contributed by atoms with E-state index in [-0.39, 0.29) is 21.0 Å². The van der Waals surface area contributed by atoms with Crippen molar-refractivity contribution in [1.29, 1.82) is 0 Å². The molecule has 0 spiro atoms. The Hall–Kier alpha value is -1.38. The first-order valence-corrected chi connectivity index (χ1v) is 6.56. The Bertz CT molecular complexity index is 639. The van der Waals surface area contributed by atoms with Crippen LogP contribution in [0.15, 0.2) is 17.5 Å². The molecule has 2 heterocycles. The van der Waals surface area contributed by atoms with Gasteiger partial charge in [-0.2, -0.15) is 13.2 Å². The predicted octanol–water partition coefficient (Wildman–Crippen LogP) is 4.12. The zero-order valence-electron chi connectivity index (χ0n) is 9.33. The number of nitrogens with one attached hydrogen (secondary N) is 1. The summed E-state index contributed by atoms with van der Waals surface area (Å²) >= 11 is 11.9. The number of carbonyl (C=O) groups excluding carboxylic acids is 1. The predicted molar refractivity (Wildman–Crippen MR) is 69.3 cm³/mol. The number of alkyl halides is 3. The number of hydrogen-bond acceptors (Lipinski definition) is 4. The van der Waals surface area contributed by atoms with Crippen LogP contribution in [0.1, 0.15) is 16.1 Å². The molecule has 1 amide bonds. The number of rotatable bonds is 2. The zero-order valence-corrected chi connectivity index (χ0v) is 11.7. The summed E-state index contributed by atoms with van der Waals surface area (Å²) in [7, 11) is 0. The van der Waals surface area contributed by atoms with E-state index in [1.54, 1.807) is 0 Å². The van der Waals surface area contributed by atoms with Crippen molar-refractivity contribution in [3.05, 3.63) is 39.1 Å². The molecule has 0 saturated heterocycles. The molecule has 0 fully saturated rings. The highest BCUT2D eigenvalue weighted by atomic mass is 35.5. The smallest absolute Gasteiger partial charge is 0.298 e. The van der Waals surface area contributed by atoms with E-state index in [1.165, 1.54) is 12.1 Å². The highest BCUT2D eigenvalue weighted by Gasteiger charge is 2.33. The summed E-state index contributed by atoms with van der Waals surface area (Å²) in [6.45, 7) is 0. The van der Waals surface area contributed by atoms with Crippen molar-refractivity contribution in [2.45, 2.75) is 6.18 Å². The minimum Gasteiger partial charge on any atom is -0.298 e. The van der Waals surface area contributed by atoms with E-state index in [4.69, 9.17) is 23.2 Å². The number of anilines is 1. The lowest BCUT2D eigenvalue weighted by molar-refractivity contribution is -0.140. The molecule has 0 aliphatic carbocycles. The largest absolute Gasteiger partial charge is 0.434 e. The van der Waals surface area contributed by atoms with Crippen molar-refractivity contribution in [1.82, 2.24) is 9.97 Å². The summed E-state index contributed by atoms with van der Waals surface area (Å²) in [5, 5.41) is 2.86. The Labute approximate surface area is 124 Å². The number of amides is 1. The normalized spacial score (nSPS) is 11.4. The Kier molecular flexibility index (Phi) is 4.17. The van der Waals surface area contributed by atoms with Crippen molar-refractivity contribution < 1.29 is 18.0 Å². The van der Waals surface area contributed by atoms with E-state index in [0.29, 0.717) is 11.3 Å². The molecule has 106 valence electrons. The molecule has 0 aromatic carbocycles. The van der Waals surface area contributed by atoms with Crippen LogP contribution in [0.2, 0.25) is 10.3 Å².